The number of rotatable bonds is 3. The van der Waals surface area contributed by atoms with E-state index < -0.39 is 0 Å². The van der Waals surface area contributed by atoms with Crippen molar-refractivity contribution in [2.75, 3.05) is 23.8 Å². The second-order valence-corrected chi connectivity index (χ2v) is 4.07. The van der Waals surface area contributed by atoms with Crippen LogP contribution in [0.4, 0.5) is 5.82 Å². The van der Waals surface area contributed by atoms with Crippen molar-refractivity contribution in [3.63, 3.8) is 0 Å². The van der Waals surface area contributed by atoms with Crippen molar-refractivity contribution in [3.05, 3.63) is 22.8 Å². The molecule has 0 saturated heterocycles. The lowest BCUT2D eigenvalue weighted by Gasteiger charge is -2.17. The first-order chi connectivity index (χ1) is 5.75. The maximum absolute atomic E-state index is 4.26. The highest BCUT2D eigenvalue weighted by Crippen LogP contribution is 2.21. The molecule has 0 amide bonds. The van der Waals surface area contributed by atoms with Gasteiger partial charge in [0.25, 0.3) is 0 Å². The molecule has 0 fully saturated rings. The minimum Gasteiger partial charge on any atom is -0.358 e. The highest BCUT2D eigenvalue weighted by atomic mass is 79.9. The van der Waals surface area contributed by atoms with E-state index in [-0.39, 0.29) is 0 Å². The molecule has 2 nitrogen and oxygen atoms in total. The lowest BCUT2D eigenvalue weighted by molar-refractivity contribution is 0.945. The summed E-state index contributed by atoms with van der Waals surface area (Å²) in [6.07, 6.45) is 1.80. The van der Waals surface area contributed by atoms with E-state index in [1.807, 2.05) is 19.2 Å². The molecular formula is C8H10Br2N2. The van der Waals surface area contributed by atoms with E-state index in [4.69, 9.17) is 0 Å². The Kier molecular flexibility index (Phi) is 4.01. The second-order valence-electron chi connectivity index (χ2n) is 2.42. The zero-order valence-corrected chi connectivity index (χ0v) is 9.97. The first-order valence-corrected chi connectivity index (χ1v) is 5.54. The summed E-state index contributed by atoms with van der Waals surface area (Å²) in [4.78, 5) is 6.35. The molecule has 0 aliphatic carbocycles. The predicted molar refractivity (Wildman–Crippen MR) is 59.0 cm³/mol. The van der Waals surface area contributed by atoms with Crippen LogP contribution < -0.4 is 4.90 Å². The Morgan fingerprint density at radius 2 is 2.33 bits per heavy atom. The normalized spacial score (nSPS) is 9.92. The van der Waals surface area contributed by atoms with Crippen LogP contribution in [0.1, 0.15) is 0 Å². The largest absolute Gasteiger partial charge is 0.358 e. The standard InChI is InChI=1S/C8H10Br2N2/c1-12(6-4-9)8-7(10)3-2-5-11-8/h2-3,5H,4,6H2,1H3. The first kappa shape index (κ1) is 9.99. The number of hydrogen-bond donors (Lipinski definition) is 0. The van der Waals surface area contributed by atoms with Crippen LogP contribution in [0.2, 0.25) is 0 Å². The van der Waals surface area contributed by atoms with Crippen molar-refractivity contribution in [1.82, 2.24) is 4.98 Å². The maximum atomic E-state index is 4.26. The van der Waals surface area contributed by atoms with Crippen molar-refractivity contribution in [2.45, 2.75) is 0 Å². The monoisotopic (exact) mass is 292 g/mol. The molecule has 0 bridgehead atoms. The van der Waals surface area contributed by atoms with E-state index in [2.05, 4.69) is 41.7 Å². The topological polar surface area (TPSA) is 16.1 Å². The third-order valence-corrected chi connectivity index (χ3v) is 2.49. The summed E-state index contributed by atoms with van der Waals surface area (Å²) >= 11 is 6.83. The molecule has 0 atom stereocenters. The summed E-state index contributed by atoms with van der Waals surface area (Å²) in [5.74, 6) is 0.983. The van der Waals surface area contributed by atoms with Crippen LogP contribution in [0, 0.1) is 0 Å². The van der Waals surface area contributed by atoms with Crippen molar-refractivity contribution in [2.24, 2.45) is 0 Å². The number of alkyl halides is 1. The van der Waals surface area contributed by atoms with Gasteiger partial charge in [0.15, 0.2) is 0 Å². The third kappa shape index (κ3) is 2.45. The molecule has 1 heterocycles. The van der Waals surface area contributed by atoms with E-state index in [0.717, 1.165) is 22.2 Å². The molecule has 12 heavy (non-hydrogen) atoms. The third-order valence-electron chi connectivity index (χ3n) is 1.52. The van der Waals surface area contributed by atoms with Gasteiger partial charge in [0, 0.05) is 25.1 Å². The van der Waals surface area contributed by atoms with Crippen LogP contribution in [0.15, 0.2) is 22.8 Å². The minimum atomic E-state index is 0.951. The minimum absolute atomic E-state index is 0.951. The SMILES string of the molecule is CN(CCBr)c1ncccc1Br. The summed E-state index contributed by atoms with van der Waals surface area (Å²) in [5.41, 5.74) is 0. The summed E-state index contributed by atoms with van der Waals surface area (Å²) < 4.78 is 1.04. The smallest absolute Gasteiger partial charge is 0.142 e. The van der Waals surface area contributed by atoms with Crippen LogP contribution in [0.3, 0.4) is 0 Å². The van der Waals surface area contributed by atoms with Crippen molar-refractivity contribution < 1.29 is 0 Å². The van der Waals surface area contributed by atoms with E-state index in [9.17, 15) is 0 Å². The van der Waals surface area contributed by atoms with Gasteiger partial charge in [0.05, 0.1) is 4.47 Å². The van der Waals surface area contributed by atoms with Crippen molar-refractivity contribution >= 4 is 37.7 Å². The highest BCUT2D eigenvalue weighted by molar-refractivity contribution is 9.10. The Morgan fingerprint density at radius 3 is 2.92 bits per heavy atom. The lowest BCUT2D eigenvalue weighted by atomic mass is 10.4. The number of aromatic nitrogens is 1. The molecule has 0 spiro atoms. The highest BCUT2D eigenvalue weighted by Gasteiger charge is 2.04. The zero-order valence-electron chi connectivity index (χ0n) is 6.80. The Balaban J connectivity index is 2.79. The number of hydrogen-bond acceptors (Lipinski definition) is 2. The summed E-state index contributed by atoms with van der Waals surface area (Å²) in [6.45, 7) is 0.954. The first-order valence-electron chi connectivity index (χ1n) is 3.63. The summed E-state index contributed by atoms with van der Waals surface area (Å²) in [7, 11) is 2.02. The Labute approximate surface area is 89.2 Å². The van der Waals surface area contributed by atoms with Crippen LogP contribution in [0.5, 0.6) is 0 Å². The van der Waals surface area contributed by atoms with Gasteiger partial charge in [0.2, 0.25) is 0 Å². The fourth-order valence-corrected chi connectivity index (χ4v) is 1.98. The molecule has 0 N–H and O–H groups in total. The predicted octanol–water partition coefficient (Wildman–Crippen LogP) is 2.68. The molecule has 0 aromatic carbocycles. The molecule has 0 radical (unpaired) electrons. The van der Waals surface area contributed by atoms with Gasteiger partial charge in [0.1, 0.15) is 5.82 Å². The van der Waals surface area contributed by atoms with Gasteiger partial charge in [-0.3, -0.25) is 0 Å². The van der Waals surface area contributed by atoms with Crippen molar-refractivity contribution in [3.8, 4) is 0 Å². The average molecular weight is 294 g/mol. The van der Waals surface area contributed by atoms with Gasteiger partial charge in [-0.2, -0.15) is 0 Å². The van der Waals surface area contributed by atoms with Crippen LogP contribution >= 0.6 is 31.9 Å². The Bertz CT molecular complexity index is 253. The second kappa shape index (κ2) is 4.82. The summed E-state index contributed by atoms with van der Waals surface area (Å²) in [5, 5.41) is 0.951. The van der Waals surface area contributed by atoms with E-state index in [0.29, 0.717) is 0 Å². The molecule has 0 aliphatic heterocycles. The van der Waals surface area contributed by atoms with Gasteiger partial charge < -0.3 is 4.90 Å². The number of nitrogens with zero attached hydrogens (tertiary/aromatic N) is 2. The number of halogens is 2. The van der Waals surface area contributed by atoms with Crippen LogP contribution in [0.25, 0.3) is 0 Å². The number of anilines is 1. The zero-order chi connectivity index (χ0) is 8.97. The fraction of sp³-hybridized carbons (Fsp3) is 0.375. The van der Waals surface area contributed by atoms with E-state index in [1.54, 1.807) is 6.20 Å². The van der Waals surface area contributed by atoms with Gasteiger partial charge in [-0.05, 0) is 28.1 Å². The molecule has 0 saturated carbocycles. The number of pyridine rings is 1. The average Bonchev–Trinajstić information content (AvgIpc) is 2.05. The van der Waals surface area contributed by atoms with Crippen molar-refractivity contribution in [1.29, 1.82) is 0 Å². The van der Waals surface area contributed by atoms with Gasteiger partial charge in [-0.1, -0.05) is 15.9 Å². The molecular weight excluding hydrogens is 284 g/mol. The summed E-state index contributed by atoms with van der Waals surface area (Å²) in [6, 6.07) is 3.91. The fourth-order valence-electron chi connectivity index (χ4n) is 0.891. The molecule has 0 unspecified atom stereocenters. The van der Waals surface area contributed by atoms with Gasteiger partial charge >= 0.3 is 0 Å². The molecule has 1 aromatic heterocycles. The van der Waals surface area contributed by atoms with E-state index in [1.165, 1.54) is 0 Å². The molecule has 0 aliphatic rings. The lowest BCUT2D eigenvalue weighted by Crippen LogP contribution is -2.20. The molecule has 1 rings (SSSR count). The van der Waals surface area contributed by atoms with Gasteiger partial charge in [-0.15, -0.1) is 0 Å². The van der Waals surface area contributed by atoms with E-state index >= 15 is 0 Å². The van der Waals surface area contributed by atoms with Crippen LogP contribution in [-0.2, 0) is 0 Å². The molecule has 4 heteroatoms. The Morgan fingerprint density at radius 1 is 1.58 bits per heavy atom. The van der Waals surface area contributed by atoms with Gasteiger partial charge in [-0.25, -0.2) is 4.98 Å². The molecule has 1 aromatic rings. The molecule has 66 valence electrons. The maximum Gasteiger partial charge on any atom is 0.142 e. The quantitative estimate of drug-likeness (QED) is 0.797. The van der Waals surface area contributed by atoms with Crippen LogP contribution in [-0.4, -0.2) is 23.9 Å². The Hall–Kier alpha value is -0.0900.